The standard InChI is InChI=1S/C18H26N2O3/c1-23-18(22)15-10-3-2-4-11-16(15)20-17(21)12-7-9-14-8-5-6-13-19-14/h5-6,8,13,15-16H,2-4,7,9-12H2,1H3,(H,20,21)/t15-,16-/m1/s1. The van der Waals surface area contributed by atoms with Crippen molar-refractivity contribution in [2.75, 3.05) is 7.11 Å². The molecule has 1 fully saturated rings. The van der Waals surface area contributed by atoms with Gasteiger partial charge in [0.2, 0.25) is 5.91 Å². The lowest BCUT2D eigenvalue weighted by Gasteiger charge is -2.24. The van der Waals surface area contributed by atoms with Crippen molar-refractivity contribution in [1.82, 2.24) is 10.3 Å². The first-order valence-corrected chi connectivity index (χ1v) is 8.48. The Hall–Kier alpha value is -1.91. The van der Waals surface area contributed by atoms with Gasteiger partial charge in [0, 0.05) is 24.4 Å². The molecule has 1 N–H and O–H groups in total. The minimum atomic E-state index is -0.206. The maximum absolute atomic E-state index is 12.2. The fourth-order valence-corrected chi connectivity index (χ4v) is 3.17. The first-order chi connectivity index (χ1) is 11.2. The molecule has 1 heterocycles. The number of nitrogens with zero attached hydrogens (tertiary/aromatic N) is 1. The Kier molecular flexibility index (Phi) is 7.04. The molecule has 0 unspecified atom stereocenters. The van der Waals surface area contributed by atoms with Gasteiger partial charge >= 0.3 is 5.97 Å². The Balaban J connectivity index is 1.80. The summed E-state index contributed by atoms with van der Waals surface area (Å²) in [4.78, 5) is 28.4. The Morgan fingerprint density at radius 1 is 1.26 bits per heavy atom. The number of hydrogen-bond donors (Lipinski definition) is 1. The molecule has 0 saturated heterocycles. The zero-order chi connectivity index (χ0) is 16.5. The number of carbonyl (C=O) groups excluding carboxylic acids is 2. The summed E-state index contributed by atoms with van der Waals surface area (Å²) in [7, 11) is 1.42. The Morgan fingerprint density at radius 2 is 2.09 bits per heavy atom. The highest BCUT2D eigenvalue weighted by molar-refractivity contribution is 5.78. The fourth-order valence-electron chi connectivity index (χ4n) is 3.17. The number of nitrogens with one attached hydrogen (secondary N) is 1. The lowest BCUT2D eigenvalue weighted by Crippen LogP contribution is -2.43. The lowest BCUT2D eigenvalue weighted by atomic mass is 9.94. The van der Waals surface area contributed by atoms with E-state index in [0.29, 0.717) is 6.42 Å². The average molecular weight is 318 g/mol. The molecule has 0 bridgehead atoms. The van der Waals surface area contributed by atoms with E-state index in [4.69, 9.17) is 4.74 Å². The fraction of sp³-hybridized carbons (Fsp3) is 0.611. The summed E-state index contributed by atoms with van der Waals surface area (Å²) in [5, 5.41) is 3.05. The molecule has 1 amide bonds. The van der Waals surface area contributed by atoms with Crippen molar-refractivity contribution in [2.24, 2.45) is 5.92 Å². The van der Waals surface area contributed by atoms with Gasteiger partial charge in [-0.3, -0.25) is 14.6 Å². The van der Waals surface area contributed by atoms with Gasteiger partial charge in [0.15, 0.2) is 0 Å². The van der Waals surface area contributed by atoms with Gasteiger partial charge in [0.05, 0.1) is 13.0 Å². The highest BCUT2D eigenvalue weighted by atomic mass is 16.5. The summed E-state index contributed by atoms with van der Waals surface area (Å²) in [6, 6.07) is 5.72. The van der Waals surface area contributed by atoms with Gasteiger partial charge in [-0.15, -0.1) is 0 Å². The SMILES string of the molecule is COC(=O)[C@@H]1CCCCC[C@H]1NC(=O)CCCc1ccccn1. The van der Waals surface area contributed by atoms with Crippen molar-refractivity contribution in [2.45, 2.75) is 57.4 Å². The zero-order valence-electron chi connectivity index (χ0n) is 13.8. The average Bonchev–Trinajstić information content (AvgIpc) is 2.80. The van der Waals surface area contributed by atoms with E-state index in [2.05, 4.69) is 10.3 Å². The van der Waals surface area contributed by atoms with E-state index in [-0.39, 0.29) is 23.8 Å². The topological polar surface area (TPSA) is 68.3 Å². The van der Waals surface area contributed by atoms with E-state index < -0.39 is 0 Å². The van der Waals surface area contributed by atoms with Crippen molar-refractivity contribution >= 4 is 11.9 Å². The van der Waals surface area contributed by atoms with Crippen LogP contribution in [-0.4, -0.2) is 30.0 Å². The molecule has 1 aromatic heterocycles. The molecule has 1 aliphatic rings. The van der Waals surface area contributed by atoms with Crippen LogP contribution in [0.3, 0.4) is 0 Å². The summed E-state index contributed by atoms with van der Waals surface area (Å²) < 4.78 is 4.90. The van der Waals surface area contributed by atoms with Crippen LogP contribution in [0.4, 0.5) is 0 Å². The second-order valence-electron chi connectivity index (χ2n) is 6.12. The number of methoxy groups -OCH3 is 1. The van der Waals surface area contributed by atoms with E-state index in [1.54, 1.807) is 6.20 Å². The molecule has 1 aromatic rings. The van der Waals surface area contributed by atoms with Crippen LogP contribution >= 0.6 is 0 Å². The van der Waals surface area contributed by atoms with Gasteiger partial charge in [-0.25, -0.2) is 0 Å². The number of aromatic nitrogens is 1. The number of amides is 1. The molecule has 2 rings (SSSR count). The molecular weight excluding hydrogens is 292 g/mol. The first kappa shape index (κ1) is 17.4. The highest BCUT2D eigenvalue weighted by Gasteiger charge is 2.31. The van der Waals surface area contributed by atoms with Crippen LogP contribution < -0.4 is 5.32 Å². The summed E-state index contributed by atoms with van der Waals surface area (Å²) in [5.41, 5.74) is 1.00. The van der Waals surface area contributed by atoms with Gasteiger partial charge < -0.3 is 10.1 Å². The molecular formula is C18H26N2O3. The molecule has 0 aromatic carbocycles. The third kappa shape index (κ3) is 5.66. The van der Waals surface area contributed by atoms with Crippen LogP contribution in [-0.2, 0) is 20.7 Å². The lowest BCUT2D eigenvalue weighted by molar-refractivity contribution is -0.147. The molecule has 0 aliphatic heterocycles. The first-order valence-electron chi connectivity index (χ1n) is 8.48. The van der Waals surface area contributed by atoms with Crippen molar-refractivity contribution in [3.05, 3.63) is 30.1 Å². The maximum Gasteiger partial charge on any atom is 0.310 e. The van der Waals surface area contributed by atoms with E-state index >= 15 is 0 Å². The van der Waals surface area contributed by atoms with Gasteiger partial charge in [0.1, 0.15) is 0 Å². The Morgan fingerprint density at radius 3 is 2.83 bits per heavy atom. The van der Waals surface area contributed by atoms with Gasteiger partial charge in [-0.1, -0.05) is 25.3 Å². The summed E-state index contributed by atoms with van der Waals surface area (Å²) in [6.45, 7) is 0. The Labute approximate surface area is 137 Å². The molecule has 23 heavy (non-hydrogen) atoms. The minimum absolute atomic E-state index is 0.0155. The van der Waals surface area contributed by atoms with Crippen LogP contribution in [0.5, 0.6) is 0 Å². The third-order valence-electron chi connectivity index (χ3n) is 4.43. The highest BCUT2D eigenvalue weighted by Crippen LogP contribution is 2.24. The maximum atomic E-state index is 12.2. The monoisotopic (exact) mass is 318 g/mol. The van der Waals surface area contributed by atoms with Crippen molar-refractivity contribution < 1.29 is 14.3 Å². The zero-order valence-corrected chi connectivity index (χ0v) is 13.8. The number of aryl methyl sites for hydroxylation is 1. The van der Waals surface area contributed by atoms with Crippen molar-refractivity contribution in [1.29, 1.82) is 0 Å². The third-order valence-corrected chi connectivity index (χ3v) is 4.43. The largest absolute Gasteiger partial charge is 0.469 e. The van der Waals surface area contributed by atoms with Crippen molar-refractivity contribution in [3.8, 4) is 0 Å². The molecule has 1 saturated carbocycles. The predicted molar refractivity (Wildman–Crippen MR) is 87.7 cm³/mol. The normalized spacial score (nSPS) is 21.3. The van der Waals surface area contributed by atoms with E-state index in [9.17, 15) is 9.59 Å². The molecule has 0 spiro atoms. The predicted octanol–water partition coefficient (Wildman–Crippen LogP) is 2.64. The molecule has 5 nitrogen and oxygen atoms in total. The molecule has 0 radical (unpaired) electrons. The Bertz CT molecular complexity index is 504. The van der Waals surface area contributed by atoms with Gasteiger partial charge in [-0.05, 0) is 37.8 Å². The van der Waals surface area contributed by atoms with Crippen molar-refractivity contribution in [3.63, 3.8) is 0 Å². The van der Waals surface area contributed by atoms with E-state index in [0.717, 1.165) is 50.6 Å². The van der Waals surface area contributed by atoms with E-state index in [1.165, 1.54) is 7.11 Å². The van der Waals surface area contributed by atoms with Gasteiger partial charge in [0.25, 0.3) is 0 Å². The van der Waals surface area contributed by atoms with Crippen LogP contribution in [0.15, 0.2) is 24.4 Å². The van der Waals surface area contributed by atoms with Crippen LogP contribution in [0, 0.1) is 5.92 Å². The summed E-state index contributed by atoms with van der Waals surface area (Å²) in [5.74, 6) is -0.394. The summed E-state index contributed by atoms with van der Waals surface area (Å²) in [6.07, 6.45) is 8.61. The van der Waals surface area contributed by atoms with Crippen LogP contribution in [0.25, 0.3) is 0 Å². The van der Waals surface area contributed by atoms with Crippen LogP contribution in [0.2, 0.25) is 0 Å². The minimum Gasteiger partial charge on any atom is -0.469 e. The molecule has 5 heteroatoms. The summed E-state index contributed by atoms with van der Waals surface area (Å²) >= 11 is 0. The van der Waals surface area contributed by atoms with Crippen LogP contribution in [0.1, 0.15) is 50.6 Å². The smallest absolute Gasteiger partial charge is 0.310 e. The second kappa shape index (κ2) is 9.28. The number of hydrogen-bond acceptors (Lipinski definition) is 4. The number of ether oxygens (including phenoxy) is 1. The number of esters is 1. The quantitative estimate of drug-likeness (QED) is 0.647. The number of rotatable bonds is 6. The second-order valence-corrected chi connectivity index (χ2v) is 6.12. The molecule has 1 aliphatic carbocycles. The number of pyridine rings is 1. The van der Waals surface area contributed by atoms with E-state index in [1.807, 2.05) is 18.2 Å². The molecule has 2 atom stereocenters. The van der Waals surface area contributed by atoms with Gasteiger partial charge in [-0.2, -0.15) is 0 Å². The number of carbonyl (C=O) groups is 2. The molecule has 126 valence electrons.